The summed E-state index contributed by atoms with van der Waals surface area (Å²) in [5.41, 5.74) is 6.37. The molecule has 80 valence electrons. The summed E-state index contributed by atoms with van der Waals surface area (Å²) in [6, 6.07) is 5.94. The summed E-state index contributed by atoms with van der Waals surface area (Å²) < 4.78 is 2.04. The number of hydrogen-bond acceptors (Lipinski definition) is 3. The summed E-state index contributed by atoms with van der Waals surface area (Å²) in [6.45, 7) is 0.778. The lowest BCUT2D eigenvalue weighted by molar-refractivity contribution is 0.665. The van der Waals surface area contributed by atoms with Gasteiger partial charge in [0.15, 0.2) is 5.65 Å². The minimum Gasteiger partial charge on any atom is -0.330 e. The molecule has 4 heteroatoms. The number of hydrogen-bond donors (Lipinski definition) is 1. The molecule has 2 aromatic heterocycles. The fraction of sp³-hybridized carbons (Fsp3) is 0.455. The molecule has 2 heterocycles. The molecule has 2 aromatic rings. The van der Waals surface area contributed by atoms with Crippen LogP contribution >= 0.6 is 0 Å². The normalized spacial score (nSPS) is 11.0. The molecule has 0 amide bonds. The minimum absolute atomic E-state index is 0.778. The molecular formula is C11H16N4. The summed E-state index contributed by atoms with van der Waals surface area (Å²) in [6.07, 6.45) is 6.38. The van der Waals surface area contributed by atoms with E-state index in [4.69, 9.17) is 5.73 Å². The van der Waals surface area contributed by atoms with Gasteiger partial charge in [-0.15, -0.1) is 10.2 Å². The number of nitrogens with two attached hydrogens (primary N) is 1. The van der Waals surface area contributed by atoms with Gasteiger partial charge in [-0.25, -0.2) is 0 Å². The maximum Gasteiger partial charge on any atom is 0.160 e. The van der Waals surface area contributed by atoms with Crippen molar-refractivity contribution in [3.8, 4) is 0 Å². The molecule has 0 saturated carbocycles. The number of nitrogens with zero attached hydrogens (tertiary/aromatic N) is 3. The van der Waals surface area contributed by atoms with E-state index < -0.39 is 0 Å². The molecule has 0 aliphatic rings. The number of pyridine rings is 1. The Bertz CT molecular complexity index is 421. The van der Waals surface area contributed by atoms with Crippen molar-refractivity contribution >= 4 is 5.65 Å². The highest BCUT2D eigenvalue weighted by Gasteiger charge is 2.02. The Balaban J connectivity index is 2.02. The van der Waals surface area contributed by atoms with E-state index in [0.717, 1.165) is 43.7 Å². The summed E-state index contributed by atoms with van der Waals surface area (Å²) in [7, 11) is 0. The molecule has 0 aliphatic carbocycles. The van der Waals surface area contributed by atoms with Crippen LogP contribution in [0.25, 0.3) is 5.65 Å². The molecular weight excluding hydrogens is 188 g/mol. The quantitative estimate of drug-likeness (QED) is 0.749. The van der Waals surface area contributed by atoms with E-state index in [1.165, 1.54) is 0 Å². The van der Waals surface area contributed by atoms with Gasteiger partial charge in [0.2, 0.25) is 0 Å². The number of rotatable bonds is 5. The highest BCUT2D eigenvalue weighted by Crippen LogP contribution is 2.06. The van der Waals surface area contributed by atoms with Crippen molar-refractivity contribution in [1.29, 1.82) is 0 Å². The zero-order chi connectivity index (χ0) is 10.5. The maximum atomic E-state index is 5.45. The Kier molecular flexibility index (Phi) is 3.29. The van der Waals surface area contributed by atoms with Crippen LogP contribution in [0.5, 0.6) is 0 Å². The zero-order valence-corrected chi connectivity index (χ0v) is 8.76. The van der Waals surface area contributed by atoms with Gasteiger partial charge >= 0.3 is 0 Å². The van der Waals surface area contributed by atoms with Gasteiger partial charge in [0.05, 0.1) is 0 Å². The molecule has 0 aromatic carbocycles. The first-order valence-corrected chi connectivity index (χ1v) is 5.40. The summed E-state index contributed by atoms with van der Waals surface area (Å²) in [5.74, 6) is 1.04. The molecule has 2 rings (SSSR count). The monoisotopic (exact) mass is 204 g/mol. The predicted molar refractivity (Wildman–Crippen MR) is 59.6 cm³/mol. The van der Waals surface area contributed by atoms with Crippen molar-refractivity contribution in [2.75, 3.05) is 6.54 Å². The highest BCUT2D eigenvalue weighted by molar-refractivity contribution is 5.36. The van der Waals surface area contributed by atoms with Crippen LogP contribution < -0.4 is 5.73 Å². The molecule has 0 spiro atoms. The second-order valence-electron chi connectivity index (χ2n) is 3.64. The molecule has 15 heavy (non-hydrogen) atoms. The summed E-state index contributed by atoms with van der Waals surface area (Å²) in [5, 5.41) is 8.28. The average molecular weight is 204 g/mol. The average Bonchev–Trinajstić information content (AvgIpc) is 2.68. The van der Waals surface area contributed by atoms with Gasteiger partial charge in [-0.05, 0) is 31.5 Å². The number of fused-ring (bicyclic) bond motifs is 1. The van der Waals surface area contributed by atoms with E-state index in [0.29, 0.717) is 0 Å². The van der Waals surface area contributed by atoms with E-state index in [1.54, 1.807) is 0 Å². The van der Waals surface area contributed by atoms with Gasteiger partial charge in [-0.2, -0.15) is 0 Å². The van der Waals surface area contributed by atoms with Crippen LogP contribution in [0.1, 0.15) is 25.1 Å². The Labute approximate surface area is 89.1 Å². The number of unbranched alkanes of at least 4 members (excludes halogenated alkanes) is 2. The van der Waals surface area contributed by atoms with Crippen molar-refractivity contribution in [2.45, 2.75) is 25.7 Å². The standard InChI is InChI=1S/C11H16N4/c12-8-4-1-2-6-10-13-14-11-7-3-5-9-15(10)11/h3,5,7,9H,1-2,4,6,8,12H2. The first kappa shape index (κ1) is 10.1. The minimum atomic E-state index is 0.778. The molecule has 4 nitrogen and oxygen atoms in total. The zero-order valence-electron chi connectivity index (χ0n) is 8.76. The lowest BCUT2D eigenvalue weighted by Crippen LogP contribution is -1.99. The predicted octanol–water partition coefficient (Wildman–Crippen LogP) is 1.40. The van der Waals surface area contributed by atoms with E-state index in [2.05, 4.69) is 10.2 Å². The molecule has 0 unspecified atom stereocenters. The van der Waals surface area contributed by atoms with Gasteiger partial charge in [-0.3, -0.25) is 4.40 Å². The lowest BCUT2D eigenvalue weighted by atomic mass is 10.2. The van der Waals surface area contributed by atoms with Gasteiger partial charge in [0.1, 0.15) is 5.82 Å². The lowest BCUT2D eigenvalue weighted by Gasteiger charge is -1.99. The molecule has 2 N–H and O–H groups in total. The van der Waals surface area contributed by atoms with E-state index in [9.17, 15) is 0 Å². The van der Waals surface area contributed by atoms with Crippen LogP contribution in [-0.2, 0) is 6.42 Å². The van der Waals surface area contributed by atoms with Crippen molar-refractivity contribution in [3.05, 3.63) is 30.2 Å². The van der Waals surface area contributed by atoms with Gasteiger partial charge in [0.25, 0.3) is 0 Å². The Morgan fingerprint density at radius 1 is 1.13 bits per heavy atom. The Morgan fingerprint density at radius 3 is 2.93 bits per heavy atom. The molecule has 0 saturated heterocycles. The fourth-order valence-electron chi connectivity index (χ4n) is 1.67. The second-order valence-corrected chi connectivity index (χ2v) is 3.64. The fourth-order valence-corrected chi connectivity index (χ4v) is 1.67. The molecule has 0 atom stereocenters. The van der Waals surface area contributed by atoms with Crippen molar-refractivity contribution in [1.82, 2.24) is 14.6 Å². The van der Waals surface area contributed by atoms with Crippen LogP contribution in [0.15, 0.2) is 24.4 Å². The van der Waals surface area contributed by atoms with Crippen molar-refractivity contribution in [2.24, 2.45) is 5.73 Å². The van der Waals surface area contributed by atoms with Crippen LogP contribution in [0.4, 0.5) is 0 Å². The molecule has 0 fully saturated rings. The largest absolute Gasteiger partial charge is 0.330 e. The highest BCUT2D eigenvalue weighted by atomic mass is 15.2. The first-order valence-electron chi connectivity index (χ1n) is 5.40. The van der Waals surface area contributed by atoms with Gasteiger partial charge < -0.3 is 5.73 Å². The maximum absolute atomic E-state index is 5.45. The Morgan fingerprint density at radius 2 is 2.07 bits per heavy atom. The topological polar surface area (TPSA) is 56.2 Å². The third-order valence-corrected chi connectivity index (χ3v) is 2.49. The first-order chi connectivity index (χ1) is 7.42. The SMILES string of the molecule is NCCCCCc1nnc2ccccn12. The number of aromatic nitrogens is 3. The van der Waals surface area contributed by atoms with Gasteiger partial charge in [-0.1, -0.05) is 12.5 Å². The Hall–Kier alpha value is -1.42. The smallest absolute Gasteiger partial charge is 0.160 e. The third-order valence-electron chi connectivity index (χ3n) is 2.49. The second kappa shape index (κ2) is 4.89. The van der Waals surface area contributed by atoms with Crippen molar-refractivity contribution < 1.29 is 0 Å². The molecule has 0 bridgehead atoms. The summed E-state index contributed by atoms with van der Waals surface area (Å²) in [4.78, 5) is 0. The van der Waals surface area contributed by atoms with Gasteiger partial charge in [0, 0.05) is 12.6 Å². The van der Waals surface area contributed by atoms with E-state index >= 15 is 0 Å². The number of aryl methyl sites for hydroxylation is 1. The van der Waals surface area contributed by atoms with Crippen molar-refractivity contribution in [3.63, 3.8) is 0 Å². The van der Waals surface area contributed by atoms with Crippen LogP contribution in [0.3, 0.4) is 0 Å². The van der Waals surface area contributed by atoms with Crippen LogP contribution in [0, 0.1) is 0 Å². The summed E-state index contributed by atoms with van der Waals surface area (Å²) >= 11 is 0. The third kappa shape index (κ3) is 2.33. The van der Waals surface area contributed by atoms with E-state index in [1.807, 2.05) is 28.8 Å². The van der Waals surface area contributed by atoms with Crippen LogP contribution in [-0.4, -0.2) is 21.1 Å². The molecule has 0 aliphatic heterocycles. The van der Waals surface area contributed by atoms with Crippen LogP contribution in [0.2, 0.25) is 0 Å². The van der Waals surface area contributed by atoms with E-state index in [-0.39, 0.29) is 0 Å². The molecule has 0 radical (unpaired) electrons.